The Labute approximate surface area is 196 Å². The minimum absolute atomic E-state index is 0.00119. The lowest BCUT2D eigenvalue weighted by atomic mass is 9.33. The van der Waals surface area contributed by atoms with E-state index >= 15 is 0 Å². The van der Waals surface area contributed by atoms with E-state index in [0.29, 0.717) is 40.7 Å². The molecule has 0 aliphatic heterocycles. The van der Waals surface area contributed by atoms with Gasteiger partial charge in [-0.25, -0.2) is 0 Å². The van der Waals surface area contributed by atoms with Crippen LogP contribution in [0.2, 0.25) is 0 Å². The highest BCUT2D eigenvalue weighted by molar-refractivity contribution is 5.96. The number of rotatable bonds is 0. The van der Waals surface area contributed by atoms with Crippen LogP contribution in [-0.4, -0.2) is 11.6 Å². The lowest BCUT2D eigenvalue weighted by Gasteiger charge is -2.70. The molecule has 2 heteroatoms. The average molecular weight is 439 g/mol. The molecule has 0 heterocycles. The minimum atomic E-state index is -0.308. The molecule has 5 rings (SSSR count). The van der Waals surface area contributed by atoms with E-state index in [-0.39, 0.29) is 27.6 Å². The van der Waals surface area contributed by atoms with E-state index < -0.39 is 0 Å². The van der Waals surface area contributed by atoms with E-state index in [1.165, 1.54) is 37.7 Å². The highest BCUT2D eigenvalue weighted by Gasteiger charge is 2.70. The molecule has 4 fully saturated rings. The molecule has 0 saturated heterocycles. The van der Waals surface area contributed by atoms with Crippen molar-refractivity contribution in [2.24, 2.45) is 50.2 Å². The monoisotopic (exact) mass is 438 g/mol. The smallest absolute Gasteiger partial charge is 0.159 e. The van der Waals surface area contributed by atoms with Gasteiger partial charge in [-0.15, -0.1) is 0 Å². The number of fused-ring (bicyclic) bond motifs is 7. The van der Waals surface area contributed by atoms with Crippen molar-refractivity contribution in [1.82, 2.24) is 0 Å². The number of carbonyl (C=O) groups is 2. The fourth-order valence-corrected chi connectivity index (χ4v) is 10.1. The molecule has 0 spiro atoms. The fraction of sp³-hybridized carbons (Fsp3) is 0.867. The van der Waals surface area contributed by atoms with Crippen LogP contribution in [0.3, 0.4) is 0 Å². The highest BCUT2D eigenvalue weighted by Crippen LogP contribution is 2.74. The van der Waals surface area contributed by atoms with Crippen LogP contribution in [0, 0.1) is 50.2 Å². The third-order valence-electron chi connectivity index (χ3n) is 12.5. The largest absolute Gasteiger partial charge is 0.299 e. The molecule has 0 aromatic heterocycles. The van der Waals surface area contributed by atoms with Crippen molar-refractivity contribution in [1.29, 1.82) is 0 Å². The molecule has 0 radical (unpaired) electrons. The summed E-state index contributed by atoms with van der Waals surface area (Å²) in [7, 11) is 0. The summed E-state index contributed by atoms with van der Waals surface area (Å²) >= 11 is 0. The molecule has 0 N–H and O–H groups in total. The van der Waals surface area contributed by atoms with Gasteiger partial charge in [0.2, 0.25) is 0 Å². The van der Waals surface area contributed by atoms with Gasteiger partial charge in [-0.1, -0.05) is 61.0 Å². The van der Waals surface area contributed by atoms with Gasteiger partial charge < -0.3 is 0 Å². The SMILES string of the molecule is CC1(C)CC[C@]2(C)CC[C@]3(C)C(=CC(=O)C4[C@@]5(C)CCC(=O)C(C)(C)C5CC[C@]43C)[C@@H]2C1. The molecule has 0 aromatic rings. The molecular weight excluding hydrogens is 392 g/mol. The third kappa shape index (κ3) is 2.65. The molecule has 0 amide bonds. The van der Waals surface area contributed by atoms with Gasteiger partial charge in [0.1, 0.15) is 5.78 Å². The Kier molecular flexibility index (Phi) is 4.57. The molecule has 0 bridgehead atoms. The normalized spacial score (nSPS) is 51.6. The summed E-state index contributed by atoms with van der Waals surface area (Å²) in [6.07, 6.45) is 12.2. The highest BCUT2D eigenvalue weighted by atomic mass is 16.1. The van der Waals surface area contributed by atoms with Crippen LogP contribution in [0.1, 0.15) is 113 Å². The number of ketones is 2. The number of hydrogen-bond donors (Lipinski definition) is 0. The van der Waals surface area contributed by atoms with Crippen molar-refractivity contribution >= 4 is 11.6 Å². The van der Waals surface area contributed by atoms with Crippen LogP contribution in [0.5, 0.6) is 0 Å². The summed E-state index contributed by atoms with van der Waals surface area (Å²) in [5, 5.41) is 0. The lowest BCUT2D eigenvalue weighted by molar-refractivity contribution is -0.187. The van der Waals surface area contributed by atoms with Gasteiger partial charge in [-0.3, -0.25) is 9.59 Å². The van der Waals surface area contributed by atoms with Crippen molar-refractivity contribution < 1.29 is 9.59 Å². The predicted octanol–water partition coefficient (Wildman–Crippen LogP) is 7.56. The molecule has 5 aliphatic carbocycles. The van der Waals surface area contributed by atoms with Gasteiger partial charge in [0.15, 0.2) is 5.78 Å². The Hall–Kier alpha value is -0.920. The molecule has 178 valence electrons. The first kappa shape index (κ1) is 22.9. The lowest BCUT2D eigenvalue weighted by Crippen LogP contribution is -2.66. The van der Waals surface area contributed by atoms with Crippen molar-refractivity contribution in [2.45, 2.75) is 113 Å². The van der Waals surface area contributed by atoms with Crippen LogP contribution in [0.15, 0.2) is 11.6 Å². The van der Waals surface area contributed by atoms with Gasteiger partial charge in [0.25, 0.3) is 0 Å². The zero-order chi connectivity index (χ0) is 23.5. The second-order valence-electron chi connectivity index (χ2n) is 15.0. The fourth-order valence-electron chi connectivity index (χ4n) is 10.1. The van der Waals surface area contributed by atoms with E-state index in [9.17, 15) is 9.59 Å². The summed E-state index contributed by atoms with van der Waals surface area (Å²) in [6.45, 7) is 19.1. The molecule has 5 aliphatic rings. The predicted molar refractivity (Wildman–Crippen MR) is 130 cm³/mol. The first-order valence-corrected chi connectivity index (χ1v) is 13.4. The zero-order valence-corrected chi connectivity index (χ0v) is 22.0. The number of allylic oxidation sites excluding steroid dienone is 2. The summed E-state index contributed by atoms with van der Waals surface area (Å²) in [6, 6.07) is 0. The maximum atomic E-state index is 14.2. The van der Waals surface area contributed by atoms with Crippen molar-refractivity contribution in [3.05, 3.63) is 11.6 Å². The van der Waals surface area contributed by atoms with E-state index in [2.05, 4.69) is 61.5 Å². The number of Topliss-reactive ketones (excluding diaryl/α,β-unsaturated/α-hetero) is 1. The molecule has 2 nitrogen and oxygen atoms in total. The van der Waals surface area contributed by atoms with Gasteiger partial charge in [-0.05, 0) is 96.4 Å². The zero-order valence-electron chi connectivity index (χ0n) is 22.0. The molecule has 32 heavy (non-hydrogen) atoms. The Morgan fingerprint density at radius 3 is 2.16 bits per heavy atom. The van der Waals surface area contributed by atoms with Crippen molar-refractivity contribution in [2.75, 3.05) is 0 Å². The minimum Gasteiger partial charge on any atom is -0.299 e. The molecule has 0 aromatic carbocycles. The Morgan fingerprint density at radius 1 is 0.812 bits per heavy atom. The van der Waals surface area contributed by atoms with Crippen LogP contribution < -0.4 is 0 Å². The number of hydrogen-bond acceptors (Lipinski definition) is 2. The van der Waals surface area contributed by atoms with Gasteiger partial charge in [-0.2, -0.15) is 0 Å². The molecular formula is C30H46O2. The molecule has 7 atom stereocenters. The first-order chi connectivity index (χ1) is 14.6. The van der Waals surface area contributed by atoms with E-state index in [1.54, 1.807) is 0 Å². The van der Waals surface area contributed by atoms with Crippen molar-refractivity contribution in [3.8, 4) is 0 Å². The quantitative estimate of drug-likeness (QED) is 0.391. The van der Waals surface area contributed by atoms with E-state index in [4.69, 9.17) is 0 Å². The first-order valence-electron chi connectivity index (χ1n) is 13.4. The summed E-state index contributed by atoms with van der Waals surface area (Å²) in [5.74, 6) is 1.72. The van der Waals surface area contributed by atoms with Crippen LogP contribution in [0.4, 0.5) is 0 Å². The van der Waals surface area contributed by atoms with E-state index in [1.807, 2.05) is 0 Å². The standard InChI is InChI=1S/C30H46O2/c1-25(2)13-14-27(5)15-16-29(7)19(20(27)18-25)17-21(31)24-28(6)11-10-23(32)26(3,4)22(28)9-12-30(24,29)8/h17,20,22,24H,9-16,18H2,1-8H3/t20-,22?,24?,27+,28-,29+,30+/m0/s1. The summed E-state index contributed by atoms with van der Waals surface area (Å²) in [5.41, 5.74) is 1.95. The van der Waals surface area contributed by atoms with Crippen LogP contribution >= 0.6 is 0 Å². The van der Waals surface area contributed by atoms with Gasteiger partial charge in [0.05, 0.1) is 0 Å². The molecule has 2 unspecified atom stereocenters. The molecule has 4 saturated carbocycles. The number of carbonyl (C=O) groups excluding carboxylic acids is 2. The summed E-state index contributed by atoms with van der Waals surface area (Å²) < 4.78 is 0. The van der Waals surface area contributed by atoms with Gasteiger partial charge in [0, 0.05) is 17.8 Å². The maximum absolute atomic E-state index is 14.2. The van der Waals surface area contributed by atoms with Crippen molar-refractivity contribution in [3.63, 3.8) is 0 Å². The average Bonchev–Trinajstić information content (AvgIpc) is 2.68. The van der Waals surface area contributed by atoms with Crippen LogP contribution in [0.25, 0.3) is 0 Å². The van der Waals surface area contributed by atoms with Crippen LogP contribution in [-0.2, 0) is 9.59 Å². The Morgan fingerprint density at radius 2 is 1.47 bits per heavy atom. The topological polar surface area (TPSA) is 34.1 Å². The summed E-state index contributed by atoms with van der Waals surface area (Å²) in [4.78, 5) is 27.0. The Balaban J connectivity index is 1.64. The van der Waals surface area contributed by atoms with Gasteiger partial charge >= 0.3 is 0 Å². The second kappa shape index (κ2) is 6.39. The third-order valence-corrected chi connectivity index (χ3v) is 12.5. The maximum Gasteiger partial charge on any atom is 0.159 e. The Bertz CT molecular complexity index is 908. The van der Waals surface area contributed by atoms with E-state index in [0.717, 1.165) is 19.3 Å². The second-order valence-corrected chi connectivity index (χ2v) is 15.0.